The average molecular weight is 619 g/mol. The van der Waals surface area contributed by atoms with Crippen molar-refractivity contribution in [1.29, 1.82) is 0 Å². The van der Waals surface area contributed by atoms with Crippen LogP contribution in [0.2, 0.25) is 0 Å². The number of hydrogen-bond acceptors (Lipinski definition) is 8. The van der Waals surface area contributed by atoms with Gasteiger partial charge in [0.05, 0.1) is 11.6 Å². The van der Waals surface area contributed by atoms with E-state index in [1.165, 1.54) is 16.7 Å². The van der Waals surface area contributed by atoms with E-state index in [-0.39, 0.29) is 6.04 Å². The Morgan fingerprint density at radius 3 is 2.12 bits per heavy atom. The van der Waals surface area contributed by atoms with E-state index in [0.717, 1.165) is 37.4 Å². The summed E-state index contributed by atoms with van der Waals surface area (Å²) >= 11 is 1.71. The number of carboxylic acid groups (broad SMARTS) is 2. The highest BCUT2D eigenvalue weighted by molar-refractivity contribution is 7.08. The highest BCUT2D eigenvalue weighted by Crippen LogP contribution is 2.29. The summed E-state index contributed by atoms with van der Waals surface area (Å²) in [5.41, 5.74) is 5.83. The lowest BCUT2D eigenvalue weighted by atomic mass is 10.1. The van der Waals surface area contributed by atoms with Crippen molar-refractivity contribution in [1.82, 2.24) is 29.6 Å². The van der Waals surface area contributed by atoms with Crippen molar-refractivity contribution in [3.8, 4) is 11.1 Å². The van der Waals surface area contributed by atoms with Gasteiger partial charge in [0.1, 0.15) is 5.69 Å². The van der Waals surface area contributed by atoms with Gasteiger partial charge in [-0.3, -0.25) is 14.8 Å². The molecule has 0 saturated carbocycles. The Morgan fingerprint density at radius 1 is 0.952 bits per heavy atom. The molecular weight excluding hydrogens is 594 g/mol. The van der Waals surface area contributed by atoms with Gasteiger partial charge >= 0.3 is 24.3 Å². The molecule has 1 aliphatic heterocycles. The van der Waals surface area contributed by atoms with Crippen LogP contribution in [0.5, 0.6) is 0 Å². The smallest absolute Gasteiger partial charge is 0.475 e. The Kier molecular flexibility index (Phi) is 10.6. The molecule has 17 heteroatoms. The van der Waals surface area contributed by atoms with Gasteiger partial charge in [-0.1, -0.05) is 11.3 Å². The van der Waals surface area contributed by atoms with E-state index in [2.05, 4.69) is 79.4 Å². The third kappa shape index (κ3) is 8.95. The van der Waals surface area contributed by atoms with Crippen molar-refractivity contribution >= 4 is 28.8 Å². The van der Waals surface area contributed by atoms with Gasteiger partial charge in [0.25, 0.3) is 0 Å². The lowest BCUT2D eigenvalue weighted by molar-refractivity contribution is -0.193. The van der Waals surface area contributed by atoms with Crippen LogP contribution in [0, 0.1) is 0 Å². The fourth-order valence-electron chi connectivity index (χ4n) is 3.87. The van der Waals surface area contributed by atoms with Crippen LogP contribution < -0.4 is 0 Å². The van der Waals surface area contributed by atoms with Crippen molar-refractivity contribution in [2.45, 2.75) is 24.9 Å². The lowest BCUT2D eigenvalue weighted by Crippen LogP contribution is -2.46. The molecule has 0 spiro atoms. The van der Waals surface area contributed by atoms with Crippen LogP contribution in [-0.4, -0.2) is 90.8 Å². The first-order valence-corrected chi connectivity index (χ1v) is 12.9. The number of piperazine rings is 1. The van der Waals surface area contributed by atoms with E-state index < -0.39 is 24.3 Å². The molecule has 0 aromatic carbocycles. The molecular formula is C25H24F6N6O4S. The van der Waals surface area contributed by atoms with Gasteiger partial charge in [0.15, 0.2) is 0 Å². The molecule has 42 heavy (non-hydrogen) atoms. The molecule has 1 aliphatic rings. The number of fused-ring (bicyclic) bond motifs is 1. The number of hydrogen-bond donors (Lipinski definition) is 2. The van der Waals surface area contributed by atoms with Crippen LogP contribution in [0.4, 0.5) is 26.3 Å². The maximum absolute atomic E-state index is 10.6. The molecule has 226 valence electrons. The molecule has 1 fully saturated rings. The van der Waals surface area contributed by atoms with Gasteiger partial charge in [0, 0.05) is 50.3 Å². The van der Waals surface area contributed by atoms with Crippen molar-refractivity contribution in [3.63, 3.8) is 0 Å². The lowest BCUT2D eigenvalue weighted by Gasteiger charge is -2.38. The maximum Gasteiger partial charge on any atom is 0.490 e. The predicted molar refractivity (Wildman–Crippen MR) is 139 cm³/mol. The second-order valence-corrected chi connectivity index (χ2v) is 9.71. The first kappa shape index (κ1) is 32.4. The summed E-state index contributed by atoms with van der Waals surface area (Å²) in [6, 6.07) is 10.9. The van der Waals surface area contributed by atoms with Gasteiger partial charge in [-0.05, 0) is 53.2 Å². The minimum absolute atomic E-state index is 0.236. The third-order valence-corrected chi connectivity index (χ3v) is 6.67. The van der Waals surface area contributed by atoms with E-state index >= 15 is 0 Å². The van der Waals surface area contributed by atoms with Crippen LogP contribution in [-0.2, 0) is 16.1 Å². The summed E-state index contributed by atoms with van der Waals surface area (Å²) in [7, 11) is 2.18. The van der Waals surface area contributed by atoms with Crippen LogP contribution in [0.1, 0.15) is 17.3 Å². The molecule has 2 N–H and O–H groups in total. The molecule has 0 aliphatic carbocycles. The Bertz CT molecular complexity index is 1440. The maximum atomic E-state index is 10.6. The Labute approximate surface area is 238 Å². The molecule has 10 nitrogen and oxygen atoms in total. The topological polar surface area (TPSA) is 124 Å². The standard InChI is InChI=1S/C21H22N6S.2C2HF3O2/c1-25-9-10-26(12-16-4-7-22-8-5-16)14-20(25)21-19-3-2-17(13-27(19)24-23-21)18-6-11-28-15-18;2*3-2(4,5)1(6)7/h2-8,11,13,15,20H,9-10,12,14H2,1H3;2*(H,6,7). The van der Waals surface area contributed by atoms with E-state index in [4.69, 9.17) is 19.8 Å². The number of alkyl halides is 6. The molecule has 1 unspecified atom stereocenters. The van der Waals surface area contributed by atoms with E-state index in [9.17, 15) is 26.3 Å². The predicted octanol–water partition coefficient (Wildman–Crippen LogP) is 4.61. The minimum Gasteiger partial charge on any atom is -0.475 e. The van der Waals surface area contributed by atoms with Gasteiger partial charge in [-0.15, -0.1) is 5.10 Å². The summed E-state index contributed by atoms with van der Waals surface area (Å²) in [6.07, 6.45) is -4.37. The highest BCUT2D eigenvalue weighted by Gasteiger charge is 2.39. The molecule has 0 amide bonds. The van der Waals surface area contributed by atoms with Crippen LogP contribution >= 0.6 is 11.3 Å². The second kappa shape index (κ2) is 13.7. The van der Waals surface area contributed by atoms with E-state index in [0.29, 0.717) is 0 Å². The Balaban J connectivity index is 0.000000289. The van der Waals surface area contributed by atoms with Crippen molar-refractivity contribution < 1.29 is 46.1 Å². The SMILES string of the molecule is CN1CCN(Cc2ccncc2)CC1c1nnn2cc(-c3ccsc3)ccc12.O=C(O)C(F)(F)F.O=C(O)C(F)(F)F. The van der Waals surface area contributed by atoms with Crippen molar-refractivity contribution in [2.24, 2.45) is 0 Å². The van der Waals surface area contributed by atoms with E-state index in [1.807, 2.05) is 16.9 Å². The average Bonchev–Trinajstić information content (AvgIpc) is 3.60. The number of rotatable bonds is 4. The number of aromatic nitrogens is 4. The van der Waals surface area contributed by atoms with Crippen LogP contribution in [0.15, 0.2) is 59.7 Å². The monoisotopic (exact) mass is 618 g/mol. The zero-order chi connectivity index (χ0) is 31.1. The number of halogens is 6. The number of nitrogens with zero attached hydrogens (tertiary/aromatic N) is 6. The number of pyridine rings is 2. The third-order valence-electron chi connectivity index (χ3n) is 5.98. The van der Waals surface area contributed by atoms with Crippen LogP contribution in [0.25, 0.3) is 16.6 Å². The summed E-state index contributed by atoms with van der Waals surface area (Å²) in [5.74, 6) is -5.51. The highest BCUT2D eigenvalue weighted by atomic mass is 32.1. The van der Waals surface area contributed by atoms with Gasteiger partial charge < -0.3 is 10.2 Å². The first-order valence-electron chi connectivity index (χ1n) is 12.0. The summed E-state index contributed by atoms with van der Waals surface area (Å²) in [5, 5.41) is 27.5. The van der Waals surface area contributed by atoms with Gasteiger partial charge in [-0.2, -0.15) is 37.7 Å². The zero-order valence-corrected chi connectivity index (χ0v) is 22.6. The molecule has 4 aromatic rings. The minimum atomic E-state index is -5.08. The molecule has 5 heterocycles. The first-order chi connectivity index (χ1) is 19.7. The number of aliphatic carboxylic acids is 2. The molecule has 0 bridgehead atoms. The number of likely N-dealkylation sites (N-methyl/N-ethyl adjacent to an activating group) is 1. The normalized spacial score (nSPS) is 16.2. The summed E-state index contributed by atoms with van der Waals surface area (Å²) in [6.45, 7) is 3.95. The number of thiophene rings is 1. The fraction of sp³-hybridized carbons (Fsp3) is 0.320. The van der Waals surface area contributed by atoms with Gasteiger partial charge in [0.2, 0.25) is 0 Å². The Hall–Kier alpha value is -4.09. The van der Waals surface area contributed by atoms with Crippen LogP contribution in [0.3, 0.4) is 0 Å². The second-order valence-electron chi connectivity index (χ2n) is 8.93. The Morgan fingerprint density at radius 2 is 1.57 bits per heavy atom. The molecule has 1 atom stereocenters. The summed E-state index contributed by atoms with van der Waals surface area (Å²) < 4.78 is 65.4. The quantitative estimate of drug-likeness (QED) is 0.316. The van der Waals surface area contributed by atoms with E-state index in [1.54, 1.807) is 11.3 Å². The summed E-state index contributed by atoms with van der Waals surface area (Å²) in [4.78, 5) is 26.8. The molecule has 0 radical (unpaired) electrons. The van der Waals surface area contributed by atoms with Crippen molar-refractivity contribution in [3.05, 3.63) is 70.9 Å². The molecule has 1 saturated heterocycles. The van der Waals surface area contributed by atoms with Gasteiger partial charge in [-0.25, -0.2) is 14.1 Å². The number of carbonyl (C=O) groups is 2. The zero-order valence-electron chi connectivity index (χ0n) is 21.7. The molecule has 5 rings (SSSR count). The number of carboxylic acids is 2. The largest absolute Gasteiger partial charge is 0.490 e. The fourth-order valence-corrected chi connectivity index (χ4v) is 4.53. The molecule has 4 aromatic heterocycles. The van der Waals surface area contributed by atoms with Crippen molar-refractivity contribution in [2.75, 3.05) is 26.7 Å².